The summed E-state index contributed by atoms with van der Waals surface area (Å²) in [6.45, 7) is 0.655. The first-order chi connectivity index (χ1) is 17.5. The maximum absolute atomic E-state index is 14.8. The Balaban J connectivity index is 0.00000336. The fourth-order valence-corrected chi connectivity index (χ4v) is 4.77. The van der Waals surface area contributed by atoms with Crippen LogP contribution in [0.4, 0.5) is 15.9 Å². The average Bonchev–Trinajstić information content (AvgIpc) is 3.35. The molecule has 1 aromatic carbocycles. The van der Waals surface area contributed by atoms with Crippen molar-refractivity contribution in [2.75, 3.05) is 37.4 Å². The van der Waals surface area contributed by atoms with Crippen LogP contribution in [0.3, 0.4) is 0 Å². The molecule has 0 radical (unpaired) electrons. The van der Waals surface area contributed by atoms with Crippen LogP contribution in [0.15, 0.2) is 24.7 Å². The Kier molecular flexibility index (Phi) is 7.68. The third-order valence-electron chi connectivity index (χ3n) is 6.23. The second kappa shape index (κ2) is 10.5. The molecule has 0 spiro atoms. The lowest BCUT2D eigenvalue weighted by molar-refractivity contribution is -0.0327. The van der Waals surface area contributed by atoms with E-state index in [4.69, 9.17) is 20.3 Å². The van der Waals surface area contributed by atoms with Crippen molar-refractivity contribution in [3.8, 4) is 17.6 Å². The summed E-state index contributed by atoms with van der Waals surface area (Å²) in [7, 11) is -2.18. The monoisotopic (exact) mass is 569 g/mol. The second-order valence-electron chi connectivity index (χ2n) is 8.64. The van der Waals surface area contributed by atoms with E-state index in [1.165, 1.54) is 23.2 Å². The summed E-state index contributed by atoms with van der Waals surface area (Å²) in [5.74, 6) is 5.58. The number of likely N-dealkylation sites (N-methyl/N-ethyl adjacent to an activating group) is 1. The highest BCUT2D eigenvalue weighted by Crippen LogP contribution is 2.36. The molecule has 38 heavy (non-hydrogen) atoms. The van der Waals surface area contributed by atoms with Crippen LogP contribution < -0.4 is 25.2 Å². The molecular formula is C22H25ClFN7O6S. The molecular weight excluding hydrogens is 545 g/mol. The van der Waals surface area contributed by atoms with Gasteiger partial charge in [-0.15, -0.1) is 12.4 Å². The first-order valence-corrected chi connectivity index (χ1v) is 12.7. The van der Waals surface area contributed by atoms with E-state index in [9.17, 15) is 23.0 Å². The van der Waals surface area contributed by atoms with Gasteiger partial charge in [0.25, 0.3) is 10.2 Å². The van der Waals surface area contributed by atoms with Gasteiger partial charge in [-0.1, -0.05) is 11.8 Å². The number of nitrogen functional groups attached to an aromatic ring is 1. The topological polar surface area (TPSA) is 191 Å². The minimum Gasteiger partial charge on any atom is -0.488 e. The van der Waals surface area contributed by atoms with Crippen molar-refractivity contribution in [3.63, 3.8) is 0 Å². The van der Waals surface area contributed by atoms with E-state index >= 15 is 0 Å². The number of halogens is 2. The van der Waals surface area contributed by atoms with Crippen LogP contribution in [0.5, 0.6) is 5.75 Å². The molecule has 2 aliphatic rings. The summed E-state index contributed by atoms with van der Waals surface area (Å²) < 4.78 is 52.1. The van der Waals surface area contributed by atoms with Gasteiger partial charge in [0, 0.05) is 19.8 Å². The molecule has 0 aliphatic carbocycles. The summed E-state index contributed by atoms with van der Waals surface area (Å²) in [6.07, 6.45) is -2.48. The summed E-state index contributed by atoms with van der Waals surface area (Å²) in [5, 5.41) is 26.4. The van der Waals surface area contributed by atoms with Gasteiger partial charge < -0.3 is 34.9 Å². The van der Waals surface area contributed by atoms with Crippen LogP contribution in [0.2, 0.25) is 0 Å². The van der Waals surface area contributed by atoms with Crippen LogP contribution in [-0.2, 0) is 14.9 Å². The minimum absolute atomic E-state index is 0. The third kappa shape index (κ3) is 5.07. The first kappa shape index (κ1) is 27.8. The summed E-state index contributed by atoms with van der Waals surface area (Å²) in [4.78, 5) is 10.2. The van der Waals surface area contributed by atoms with E-state index in [1.807, 2.05) is 16.7 Å². The van der Waals surface area contributed by atoms with Crippen molar-refractivity contribution in [3.05, 3.63) is 41.6 Å². The van der Waals surface area contributed by atoms with Crippen LogP contribution >= 0.6 is 12.4 Å². The van der Waals surface area contributed by atoms with Crippen molar-refractivity contribution in [1.82, 2.24) is 19.3 Å². The van der Waals surface area contributed by atoms with Gasteiger partial charge in [0.1, 0.15) is 54.1 Å². The number of fused-ring (bicyclic) bond motifs is 2. The molecule has 13 nitrogen and oxygen atoms in total. The van der Waals surface area contributed by atoms with Gasteiger partial charge in [-0.05, 0) is 12.1 Å². The van der Waals surface area contributed by atoms with Crippen molar-refractivity contribution in [1.29, 1.82) is 0 Å². The van der Waals surface area contributed by atoms with Crippen molar-refractivity contribution < 1.29 is 32.5 Å². The molecule has 3 aromatic rings. The molecule has 1 fully saturated rings. The van der Waals surface area contributed by atoms with Gasteiger partial charge in [0.2, 0.25) is 0 Å². The molecule has 0 bridgehead atoms. The molecule has 0 saturated carbocycles. The summed E-state index contributed by atoms with van der Waals surface area (Å²) in [6, 6.07) is 2.94. The number of hydrogen-bond acceptors (Lipinski definition) is 10. The SMILES string of the molecule is CN1CCOc2c1ccc(F)c2C#Cc1cn([C@@H]2O[C@H](CNS(N)(=O)=O)[C@@H](O)[C@H]2O)c2ncnc(N)c12.Cl. The maximum Gasteiger partial charge on any atom is 0.274 e. The molecule has 7 N–H and O–H groups in total. The molecule has 204 valence electrons. The van der Waals surface area contributed by atoms with Gasteiger partial charge in [0.15, 0.2) is 12.0 Å². The highest BCUT2D eigenvalue weighted by atomic mass is 35.5. The molecule has 0 unspecified atom stereocenters. The third-order valence-corrected chi connectivity index (χ3v) is 6.80. The number of nitrogens with zero attached hydrogens (tertiary/aromatic N) is 4. The van der Waals surface area contributed by atoms with Gasteiger partial charge >= 0.3 is 0 Å². The van der Waals surface area contributed by atoms with Crippen molar-refractivity contribution in [2.24, 2.45) is 5.14 Å². The number of hydrogen-bond donors (Lipinski definition) is 5. The number of benzene rings is 1. The lowest BCUT2D eigenvalue weighted by Crippen LogP contribution is -2.42. The van der Waals surface area contributed by atoms with Crippen LogP contribution in [0, 0.1) is 17.7 Å². The zero-order valence-corrected chi connectivity index (χ0v) is 21.5. The lowest BCUT2D eigenvalue weighted by Gasteiger charge is -2.28. The van der Waals surface area contributed by atoms with E-state index < -0.39 is 40.6 Å². The predicted molar refractivity (Wildman–Crippen MR) is 137 cm³/mol. The number of anilines is 2. The lowest BCUT2D eigenvalue weighted by atomic mass is 10.1. The zero-order chi connectivity index (χ0) is 26.5. The highest BCUT2D eigenvalue weighted by molar-refractivity contribution is 7.87. The summed E-state index contributed by atoms with van der Waals surface area (Å²) >= 11 is 0. The molecule has 1 saturated heterocycles. The average molecular weight is 570 g/mol. The Labute approximate surface area is 223 Å². The molecule has 16 heteroatoms. The molecule has 0 amide bonds. The number of nitrogens with two attached hydrogens (primary N) is 2. The Hall–Kier alpha value is -3.23. The number of aliphatic hydroxyl groups is 2. The normalized spacial score (nSPS) is 22.8. The van der Waals surface area contributed by atoms with E-state index in [-0.39, 0.29) is 36.0 Å². The van der Waals surface area contributed by atoms with E-state index in [0.717, 1.165) is 0 Å². The number of nitrogens with one attached hydrogen (secondary N) is 1. The second-order valence-corrected chi connectivity index (χ2v) is 10.0. The number of aliphatic hydroxyl groups excluding tert-OH is 2. The van der Waals surface area contributed by atoms with Gasteiger partial charge in [0.05, 0.1) is 23.2 Å². The fraction of sp³-hybridized carbons (Fsp3) is 0.364. The zero-order valence-electron chi connectivity index (χ0n) is 19.9. The van der Waals surface area contributed by atoms with Gasteiger partial charge in [-0.2, -0.15) is 13.1 Å². The molecule has 4 atom stereocenters. The fourth-order valence-electron chi connectivity index (χ4n) is 4.37. The van der Waals surface area contributed by atoms with Crippen LogP contribution in [-0.4, -0.2) is 78.2 Å². The first-order valence-electron chi connectivity index (χ1n) is 11.1. The van der Waals surface area contributed by atoms with Crippen molar-refractivity contribution >= 4 is 45.2 Å². The van der Waals surface area contributed by atoms with E-state index in [1.54, 1.807) is 6.07 Å². The van der Waals surface area contributed by atoms with Crippen LogP contribution in [0.1, 0.15) is 17.4 Å². The molecule has 2 aliphatic heterocycles. The number of ether oxygens (including phenoxy) is 2. The van der Waals surface area contributed by atoms with E-state index in [2.05, 4.69) is 21.8 Å². The predicted octanol–water partition coefficient (Wildman–Crippen LogP) is -0.785. The number of aromatic nitrogens is 3. The number of rotatable bonds is 4. The Bertz CT molecular complexity index is 1540. The highest BCUT2D eigenvalue weighted by Gasteiger charge is 2.44. The molecule has 5 rings (SSSR count). The Morgan fingerprint density at radius 1 is 1.26 bits per heavy atom. The van der Waals surface area contributed by atoms with Crippen molar-refractivity contribution in [2.45, 2.75) is 24.5 Å². The summed E-state index contributed by atoms with van der Waals surface area (Å²) in [5.41, 5.74) is 7.43. The maximum atomic E-state index is 14.8. The van der Waals surface area contributed by atoms with Gasteiger partial charge in [-0.25, -0.2) is 19.5 Å². The standard InChI is InChI=1S/C22H24FN7O6S.ClH/c1-29-6-7-35-19-12(13(23)4-5-14(19)29)3-2-11-9-30(21-16(11)20(24)26-10-27-21)22-18(32)17(31)15(36-22)8-28-37(25,33)34;/h4-5,9-10,15,17-18,22,28,31-32H,6-8H2,1H3,(H2,24,26,27)(H2,25,33,34);1H/t15-,17-,18-,22-;/m1./s1. The van der Waals surface area contributed by atoms with E-state index in [0.29, 0.717) is 35.5 Å². The smallest absolute Gasteiger partial charge is 0.274 e. The largest absolute Gasteiger partial charge is 0.488 e. The Morgan fingerprint density at radius 2 is 2.03 bits per heavy atom. The van der Waals surface area contributed by atoms with Gasteiger partial charge in [-0.3, -0.25) is 0 Å². The molecule has 2 aromatic heterocycles. The minimum atomic E-state index is -4.05. The Morgan fingerprint density at radius 3 is 2.76 bits per heavy atom. The molecule has 4 heterocycles. The quantitative estimate of drug-likeness (QED) is 0.249. The van der Waals surface area contributed by atoms with Crippen LogP contribution in [0.25, 0.3) is 11.0 Å².